The van der Waals surface area contributed by atoms with Crippen molar-refractivity contribution in [2.45, 2.75) is 6.54 Å². The topological polar surface area (TPSA) is 107 Å². The van der Waals surface area contributed by atoms with Gasteiger partial charge in [0.25, 0.3) is 5.56 Å². The molecule has 9 heteroatoms. The molecule has 0 aliphatic rings. The molecular formula is C9H7N5O2S2. The molecule has 18 heavy (non-hydrogen) atoms. The van der Waals surface area contributed by atoms with Crippen LogP contribution in [-0.4, -0.2) is 19.7 Å². The van der Waals surface area contributed by atoms with Crippen molar-refractivity contribution in [2.24, 2.45) is 0 Å². The maximum Gasteiger partial charge on any atom is 0.329 e. The quantitative estimate of drug-likeness (QED) is 0.699. The molecule has 3 heterocycles. The Kier molecular flexibility index (Phi) is 2.49. The summed E-state index contributed by atoms with van der Waals surface area (Å²) >= 11 is 2.51. The van der Waals surface area contributed by atoms with E-state index in [1.165, 1.54) is 27.2 Å². The van der Waals surface area contributed by atoms with Crippen molar-refractivity contribution < 1.29 is 0 Å². The zero-order valence-corrected chi connectivity index (χ0v) is 10.5. The molecule has 0 radical (unpaired) electrons. The molecule has 0 atom stereocenters. The molecule has 92 valence electrons. The molecule has 0 aliphatic heterocycles. The summed E-state index contributed by atoms with van der Waals surface area (Å²) in [6.07, 6.45) is 0. The number of thiophene rings is 1. The number of nitrogens with zero attached hydrogens (tertiary/aromatic N) is 3. The lowest BCUT2D eigenvalue weighted by atomic mass is 10.4. The summed E-state index contributed by atoms with van der Waals surface area (Å²) in [6.45, 7) is 0.248. The van der Waals surface area contributed by atoms with Crippen LogP contribution < -0.4 is 17.0 Å². The number of aromatic nitrogens is 4. The van der Waals surface area contributed by atoms with Crippen LogP contribution in [0.1, 0.15) is 5.01 Å². The maximum atomic E-state index is 11.8. The van der Waals surface area contributed by atoms with Crippen LogP contribution in [0.3, 0.4) is 0 Å². The Morgan fingerprint density at radius 2 is 2.22 bits per heavy atom. The number of anilines is 1. The molecule has 7 nitrogen and oxygen atoms in total. The summed E-state index contributed by atoms with van der Waals surface area (Å²) in [6, 6.07) is 1.74. The fourth-order valence-electron chi connectivity index (χ4n) is 1.64. The van der Waals surface area contributed by atoms with Gasteiger partial charge in [0, 0.05) is 0 Å². The molecule has 0 saturated heterocycles. The molecule has 3 aromatic heterocycles. The first-order valence-corrected chi connectivity index (χ1v) is 6.63. The summed E-state index contributed by atoms with van der Waals surface area (Å²) in [7, 11) is 0. The average molecular weight is 281 g/mol. The van der Waals surface area contributed by atoms with Crippen molar-refractivity contribution in [3.8, 4) is 0 Å². The molecule has 0 fully saturated rings. The molecule has 0 unspecified atom stereocenters. The van der Waals surface area contributed by atoms with Crippen LogP contribution in [0.2, 0.25) is 0 Å². The van der Waals surface area contributed by atoms with Gasteiger partial charge in [-0.25, -0.2) is 4.79 Å². The third kappa shape index (κ3) is 1.73. The summed E-state index contributed by atoms with van der Waals surface area (Å²) in [5.41, 5.74) is 5.27. The number of rotatable bonds is 2. The minimum Gasteiger partial charge on any atom is -0.374 e. The highest BCUT2D eigenvalue weighted by Gasteiger charge is 2.10. The Labute approximate surface area is 108 Å². The molecule has 3 rings (SSSR count). The Morgan fingerprint density at radius 1 is 1.39 bits per heavy atom. The summed E-state index contributed by atoms with van der Waals surface area (Å²) in [5, 5.41) is 10.3. The molecule has 3 N–H and O–H groups in total. The summed E-state index contributed by atoms with van der Waals surface area (Å²) in [5.74, 6) is 0. The predicted molar refractivity (Wildman–Crippen MR) is 70.1 cm³/mol. The third-order valence-corrected chi connectivity index (χ3v) is 4.02. The standard InChI is InChI=1S/C9H7N5O2S2/c10-8-13-12-5(18-8)3-14-4-1-2-17-6(4)7(15)11-9(14)16/h1-2H,3H2,(H2,10,13)(H,11,15,16). The van der Waals surface area contributed by atoms with E-state index in [1.54, 1.807) is 11.4 Å². The number of hydrogen-bond acceptors (Lipinski definition) is 7. The van der Waals surface area contributed by atoms with Crippen LogP contribution >= 0.6 is 22.7 Å². The van der Waals surface area contributed by atoms with Gasteiger partial charge >= 0.3 is 5.69 Å². The monoisotopic (exact) mass is 281 g/mol. The van der Waals surface area contributed by atoms with Gasteiger partial charge in [-0.3, -0.25) is 14.3 Å². The molecule has 0 aliphatic carbocycles. The van der Waals surface area contributed by atoms with Crippen molar-refractivity contribution in [1.82, 2.24) is 19.7 Å². The van der Waals surface area contributed by atoms with Crippen molar-refractivity contribution in [3.05, 3.63) is 37.3 Å². The van der Waals surface area contributed by atoms with E-state index < -0.39 is 5.69 Å². The van der Waals surface area contributed by atoms with Gasteiger partial charge in [0.05, 0.1) is 12.1 Å². The number of fused-ring (bicyclic) bond motifs is 1. The van der Waals surface area contributed by atoms with Crippen molar-refractivity contribution in [3.63, 3.8) is 0 Å². The van der Waals surface area contributed by atoms with Crippen LogP contribution in [0, 0.1) is 0 Å². The maximum absolute atomic E-state index is 11.8. The highest BCUT2D eigenvalue weighted by atomic mass is 32.1. The highest BCUT2D eigenvalue weighted by molar-refractivity contribution is 7.17. The molecule has 0 bridgehead atoms. The van der Waals surface area contributed by atoms with Crippen molar-refractivity contribution >= 4 is 38.0 Å². The number of nitrogen functional groups attached to an aromatic ring is 1. The van der Waals surface area contributed by atoms with Gasteiger partial charge in [-0.1, -0.05) is 11.3 Å². The zero-order chi connectivity index (χ0) is 12.7. The Morgan fingerprint density at radius 3 is 2.94 bits per heavy atom. The fraction of sp³-hybridized carbons (Fsp3) is 0.111. The van der Waals surface area contributed by atoms with Crippen LogP contribution in [0.5, 0.6) is 0 Å². The summed E-state index contributed by atoms with van der Waals surface area (Å²) < 4.78 is 1.97. The van der Waals surface area contributed by atoms with Crippen LogP contribution in [0.15, 0.2) is 21.0 Å². The largest absolute Gasteiger partial charge is 0.374 e. The smallest absolute Gasteiger partial charge is 0.329 e. The van der Waals surface area contributed by atoms with Gasteiger partial charge in [0.2, 0.25) is 5.13 Å². The second kappa shape index (κ2) is 4.03. The first-order valence-electron chi connectivity index (χ1n) is 4.93. The molecule has 3 aromatic rings. The predicted octanol–water partition coefficient (Wildman–Crippen LogP) is 0.233. The van der Waals surface area contributed by atoms with E-state index in [9.17, 15) is 9.59 Å². The molecular weight excluding hydrogens is 274 g/mol. The average Bonchev–Trinajstić information content (AvgIpc) is 2.93. The van der Waals surface area contributed by atoms with Gasteiger partial charge in [-0.05, 0) is 11.4 Å². The van der Waals surface area contributed by atoms with Gasteiger partial charge in [0.1, 0.15) is 9.71 Å². The Balaban J connectivity index is 2.20. The number of H-pyrrole nitrogens is 1. The minimum atomic E-state index is -0.459. The lowest BCUT2D eigenvalue weighted by Gasteiger charge is -2.03. The number of nitrogens with two attached hydrogens (primary N) is 1. The van der Waals surface area contributed by atoms with E-state index >= 15 is 0 Å². The lowest BCUT2D eigenvalue weighted by Crippen LogP contribution is -2.29. The van der Waals surface area contributed by atoms with Crippen molar-refractivity contribution in [1.29, 1.82) is 0 Å². The van der Waals surface area contributed by atoms with E-state index in [0.29, 0.717) is 20.4 Å². The van der Waals surface area contributed by atoms with Gasteiger partial charge in [0.15, 0.2) is 0 Å². The van der Waals surface area contributed by atoms with Crippen LogP contribution in [-0.2, 0) is 6.54 Å². The van der Waals surface area contributed by atoms with Gasteiger partial charge in [-0.2, -0.15) is 0 Å². The number of hydrogen-bond donors (Lipinski definition) is 2. The van der Waals surface area contributed by atoms with Crippen molar-refractivity contribution in [2.75, 3.05) is 5.73 Å². The first kappa shape index (κ1) is 11.1. The molecule has 0 spiro atoms. The Bertz CT molecular complexity index is 827. The second-order valence-electron chi connectivity index (χ2n) is 3.51. The highest BCUT2D eigenvalue weighted by Crippen LogP contribution is 2.17. The molecule has 0 amide bonds. The number of nitrogens with one attached hydrogen (secondary N) is 1. The van der Waals surface area contributed by atoms with Crippen LogP contribution in [0.25, 0.3) is 10.2 Å². The third-order valence-electron chi connectivity index (χ3n) is 2.38. The lowest BCUT2D eigenvalue weighted by molar-refractivity contribution is 0.744. The van der Waals surface area contributed by atoms with E-state index in [1.807, 2.05) is 0 Å². The fourth-order valence-corrected chi connectivity index (χ4v) is 3.03. The Hall–Kier alpha value is -2.00. The zero-order valence-electron chi connectivity index (χ0n) is 8.91. The normalized spacial score (nSPS) is 11.1. The number of aromatic amines is 1. The summed E-state index contributed by atoms with van der Waals surface area (Å²) in [4.78, 5) is 25.6. The first-order chi connectivity index (χ1) is 8.65. The molecule has 0 aromatic carbocycles. The van der Waals surface area contributed by atoms with E-state index in [2.05, 4.69) is 15.2 Å². The molecule has 0 saturated carbocycles. The van der Waals surface area contributed by atoms with E-state index in [0.717, 1.165) is 0 Å². The van der Waals surface area contributed by atoms with E-state index in [4.69, 9.17) is 5.73 Å². The minimum absolute atomic E-state index is 0.248. The van der Waals surface area contributed by atoms with E-state index in [-0.39, 0.29) is 12.1 Å². The SMILES string of the molecule is Nc1nnc(Cn2c(=O)[nH]c(=O)c3sccc32)s1. The van der Waals surface area contributed by atoms with Gasteiger partial charge < -0.3 is 5.73 Å². The van der Waals surface area contributed by atoms with Gasteiger partial charge in [-0.15, -0.1) is 21.5 Å². The van der Waals surface area contributed by atoms with Crippen LogP contribution in [0.4, 0.5) is 5.13 Å². The second-order valence-corrected chi connectivity index (χ2v) is 5.52.